The van der Waals surface area contributed by atoms with Crippen LogP contribution in [0.15, 0.2) is 10.6 Å². The largest absolute Gasteiger partial charge is 0.360 e. The van der Waals surface area contributed by atoms with Crippen molar-refractivity contribution in [3.8, 4) is 0 Å². The highest BCUT2D eigenvalue weighted by molar-refractivity contribution is 5.77. The first-order valence-electron chi connectivity index (χ1n) is 5.63. The Bertz CT molecular complexity index is 358. The minimum absolute atomic E-state index is 0.0446. The molecule has 1 amide bonds. The maximum Gasteiger partial charge on any atom is 0.233 e. The molecule has 0 aliphatic heterocycles. The smallest absolute Gasteiger partial charge is 0.233 e. The maximum absolute atomic E-state index is 11.4. The van der Waals surface area contributed by atoms with Gasteiger partial charge in [0.1, 0.15) is 0 Å². The van der Waals surface area contributed by atoms with Crippen molar-refractivity contribution in [1.29, 1.82) is 0 Å². The first-order valence-corrected chi connectivity index (χ1v) is 5.63. The normalized spacial score (nSPS) is 15.1. The Balaban J connectivity index is 1.57. The summed E-state index contributed by atoms with van der Waals surface area (Å²) in [6.45, 7) is 3.56. The van der Waals surface area contributed by atoms with Gasteiger partial charge >= 0.3 is 0 Å². The van der Waals surface area contributed by atoms with E-state index in [1.807, 2.05) is 13.0 Å². The van der Waals surface area contributed by atoms with Crippen LogP contribution < -0.4 is 10.6 Å². The standard InChI is InChI=1S/C11H17N3O2/c1-8-4-10(16-14-8)6-12-7-11(15)13-5-9-2-3-9/h4,9,12H,2-3,5-7H2,1H3,(H,13,15). The summed E-state index contributed by atoms with van der Waals surface area (Å²) in [4.78, 5) is 11.4. The summed E-state index contributed by atoms with van der Waals surface area (Å²) < 4.78 is 5.01. The zero-order valence-electron chi connectivity index (χ0n) is 9.45. The second kappa shape index (κ2) is 5.12. The number of aryl methyl sites for hydroxylation is 1. The van der Waals surface area contributed by atoms with Crippen molar-refractivity contribution in [2.24, 2.45) is 5.92 Å². The van der Waals surface area contributed by atoms with Gasteiger partial charge in [0.15, 0.2) is 5.76 Å². The van der Waals surface area contributed by atoms with E-state index in [0.717, 1.165) is 23.9 Å². The number of nitrogens with zero attached hydrogens (tertiary/aromatic N) is 1. The molecule has 0 saturated heterocycles. The monoisotopic (exact) mass is 223 g/mol. The van der Waals surface area contributed by atoms with Crippen molar-refractivity contribution in [3.63, 3.8) is 0 Å². The van der Waals surface area contributed by atoms with Crippen LogP contribution in [0.1, 0.15) is 24.3 Å². The van der Waals surface area contributed by atoms with E-state index in [9.17, 15) is 4.79 Å². The summed E-state index contributed by atoms with van der Waals surface area (Å²) in [7, 11) is 0. The summed E-state index contributed by atoms with van der Waals surface area (Å²) in [6.07, 6.45) is 2.51. The Morgan fingerprint density at radius 1 is 1.62 bits per heavy atom. The Kier molecular flexibility index (Phi) is 3.56. The van der Waals surface area contributed by atoms with E-state index in [0.29, 0.717) is 13.1 Å². The summed E-state index contributed by atoms with van der Waals surface area (Å²) in [5.41, 5.74) is 0.856. The molecule has 2 rings (SSSR count). The first-order chi connectivity index (χ1) is 7.74. The molecule has 2 N–H and O–H groups in total. The van der Waals surface area contributed by atoms with Gasteiger partial charge in [-0.2, -0.15) is 0 Å². The van der Waals surface area contributed by atoms with Crippen LogP contribution in [-0.2, 0) is 11.3 Å². The van der Waals surface area contributed by atoms with Crippen molar-refractivity contribution in [2.45, 2.75) is 26.3 Å². The van der Waals surface area contributed by atoms with E-state index in [4.69, 9.17) is 4.52 Å². The Labute approximate surface area is 94.6 Å². The van der Waals surface area contributed by atoms with E-state index in [1.165, 1.54) is 12.8 Å². The minimum Gasteiger partial charge on any atom is -0.360 e. The molecule has 0 aromatic carbocycles. The molecule has 0 unspecified atom stereocenters. The first kappa shape index (κ1) is 11.1. The number of hydrogen-bond acceptors (Lipinski definition) is 4. The highest BCUT2D eigenvalue weighted by Gasteiger charge is 2.21. The molecule has 5 heteroatoms. The van der Waals surface area contributed by atoms with Crippen LogP contribution in [0.2, 0.25) is 0 Å². The van der Waals surface area contributed by atoms with Gasteiger partial charge in [0.25, 0.3) is 0 Å². The fourth-order valence-electron chi connectivity index (χ4n) is 1.44. The van der Waals surface area contributed by atoms with Crippen molar-refractivity contribution >= 4 is 5.91 Å². The van der Waals surface area contributed by atoms with Crippen molar-refractivity contribution < 1.29 is 9.32 Å². The van der Waals surface area contributed by atoms with Gasteiger partial charge in [0.2, 0.25) is 5.91 Å². The Morgan fingerprint density at radius 3 is 3.06 bits per heavy atom. The van der Waals surface area contributed by atoms with E-state index in [-0.39, 0.29) is 5.91 Å². The van der Waals surface area contributed by atoms with Gasteiger partial charge < -0.3 is 15.2 Å². The number of hydrogen-bond donors (Lipinski definition) is 2. The van der Waals surface area contributed by atoms with E-state index < -0.39 is 0 Å². The number of nitrogens with one attached hydrogen (secondary N) is 2. The molecule has 0 atom stereocenters. The Hall–Kier alpha value is -1.36. The molecule has 1 aromatic heterocycles. The summed E-state index contributed by atoms with van der Waals surface area (Å²) in [6, 6.07) is 1.86. The molecule has 88 valence electrons. The van der Waals surface area contributed by atoms with Gasteiger partial charge in [-0.15, -0.1) is 0 Å². The number of carbonyl (C=O) groups is 1. The molecule has 0 radical (unpaired) electrons. The van der Waals surface area contributed by atoms with Crippen LogP contribution in [0.4, 0.5) is 0 Å². The maximum atomic E-state index is 11.4. The van der Waals surface area contributed by atoms with Gasteiger partial charge in [-0.05, 0) is 25.7 Å². The molecule has 1 aromatic rings. The van der Waals surface area contributed by atoms with E-state index >= 15 is 0 Å². The predicted molar refractivity (Wildman–Crippen MR) is 58.7 cm³/mol. The number of carbonyl (C=O) groups excluding carboxylic acids is 1. The van der Waals surface area contributed by atoms with Crippen LogP contribution in [0.25, 0.3) is 0 Å². The molecule has 1 saturated carbocycles. The number of rotatable bonds is 6. The number of aromatic nitrogens is 1. The average Bonchev–Trinajstić information content (AvgIpc) is 2.99. The molecule has 1 aliphatic carbocycles. The molecule has 5 nitrogen and oxygen atoms in total. The van der Waals surface area contributed by atoms with Gasteiger partial charge in [-0.3, -0.25) is 4.79 Å². The summed E-state index contributed by atoms with van der Waals surface area (Å²) in [5.74, 6) is 1.52. The SMILES string of the molecule is Cc1cc(CNCC(=O)NCC2CC2)on1. The Morgan fingerprint density at radius 2 is 2.44 bits per heavy atom. The lowest BCUT2D eigenvalue weighted by Crippen LogP contribution is -2.34. The van der Waals surface area contributed by atoms with Gasteiger partial charge in [-0.25, -0.2) is 0 Å². The van der Waals surface area contributed by atoms with E-state index in [2.05, 4.69) is 15.8 Å². The highest BCUT2D eigenvalue weighted by Crippen LogP contribution is 2.27. The minimum atomic E-state index is 0.0446. The zero-order valence-corrected chi connectivity index (χ0v) is 9.45. The fraction of sp³-hybridized carbons (Fsp3) is 0.636. The third-order valence-corrected chi connectivity index (χ3v) is 2.55. The van der Waals surface area contributed by atoms with Crippen LogP contribution in [0, 0.1) is 12.8 Å². The van der Waals surface area contributed by atoms with Crippen LogP contribution in [0.5, 0.6) is 0 Å². The fourth-order valence-corrected chi connectivity index (χ4v) is 1.44. The molecule has 0 spiro atoms. The second-order valence-corrected chi connectivity index (χ2v) is 4.29. The molecule has 0 bridgehead atoms. The predicted octanol–water partition coefficient (Wildman–Crippen LogP) is 0.599. The van der Waals surface area contributed by atoms with Gasteiger partial charge in [0, 0.05) is 12.6 Å². The van der Waals surface area contributed by atoms with Crippen molar-refractivity contribution in [1.82, 2.24) is 15.8 Å². The van der Waals surface area contributed by atoms with Gasteiger partial charge in [0.05, 0.1) is 18.8 Å². The van der Waals surface area contributed by atoms with Crippen LogP contribution in [-0.4, -0.2) is 24.2 Å². The van der Waals surface area contributed by atoms with Gasteiger partial charge in [-0.1, -0.05) is 5.16 Å². The summed E-state index contributed by atoms with van der Waals surface area (Å²) >= 11 is 0. The summed E-state index contributed by atoms with van der Waals surface area (Å²) in [5, 5.41) is 9.67. The molecule has 1 aliphatic rings. The third kappa shape index (κ3) is 3.66. The number of amides is 1. The van der Waals surface area contributed by atoms with Crippen LogP contribution >= 0.6 is 0 Å². The molecule has 1 heterocycles. The highest BCUT2D eigenvalue weighted by atomic mass is 16.5. The second-order valence-electron chi connectivity index (χ2n) is 4.29. The average molecular weight is 223 g/mol. The zero-order chi connectivity index (χ0) is 11.4. The lowest BCUT2D eigenvalue weighted by Gasteiger charge is -2.04. The third-order valence-electron chi connectivity index (χ3n) is 2.55. The molecular formula is C11H17N3O2. The van der Waals surface area contributed by atoms with Crippen molar-refractivity contribution in [2.75, 3.05) is 13.1 Å². The van der Waals surface area contributed by atoms with E-state index in [1.54, 1.807) is 0 Å². The lowest BCUT2D eigenvalue weighted by atomic mass is 10.4. The molecule has 16 heavy (non-hydrogen) atoms. The quantitative estimate of drug-likeness (QED) is 0.741. The van der Waals surface area contributed by atoms with Crippen molar-refractivity contribution in [3.05, 3.63) is 17.5 Å². The molecule has 1 fully saturated rings. The molecular weight excluding hydrogens is 206 g/mol. The lowest BCUT2D eigenvalue weighted by molar-refractivity contribution is -0.120. The van der Waals surface area contributed by atoms with Crippen LogP contribution in [0.3, 0.4) is 0 Å². The topological polar surface area (TPSA) is 67.2 Å².